The minimum atomic E-state index is 0.659. The first-order chi connectivity index (χ1) is 12.3. The Bertz CT molecular complexity index is 666. The van der Waals surface area contributed by atoms with Crippen molar-refractivity contribution in [2.45, 2.75) is 13.1 Å². The Balaban J connectivity index is 1.48. The summed E-state index contributed by atoms with van der Waals surface area (Å²) in [6.45, 7) is 3.70. The number of guanidine groups is 1. The molecule has 1 fully saturated rings. The number of benzene rings is 1. The van der Waals surface area contributed by atoms with Crippen LogP contribution in [-0.2, 0) is 13.1 Å². The summed E-state index contributed by atoms with van der Waals surface area (Å²) in [4.78, 5) is 11.0. The Kier molecular flexibility index (Phi) is 6.56. The van der Waals surface area contributed by atoms with Gasteiger partial charge in [0.1, 0.15) is 0 Å². The lowest BCUT2D eigenvalue weighted by molar-refractivity contribution is 0.794. The SMILES string of the molecule is CN=C(NCc1ccc(N2CCSCC2)cc1)NCc1ccccn1. The van der Waals surface area contributed by atoms with E-state index in [-0.39, 0.29) is 0 Å². The summed E-state index contributed by atoms with van der Waals surface area (Å²) in [6.07, 6.45) is 1.80. The van der Waals surface area contributed by atoms with Gasteiger partial charge in [0.15, 0.2) is 5.96 Å². The number of aliphatic imine (C=N–C) groups is 1. The first kappa shape index (κ1) is 17.6. The summed E-state index contributed by atoms with van der Waals surface area (Å²) < 4.78 is 0. The number of hydrogen-bond acceptors (Lipinski definition) is 4. The van der Waals surface area contributed by atoms with E-state index in [0.717, 1.165) is 31.3 Å². The molecule has 25 heavy (non-hydrogen) atoms. The van der Waals surface area contributed by atoms with Crippen LogP contribution in [0, 0.1) is 0 Å². The van der Waals surface area contributed by atoms with Crippen LogP contribution in [0.3, 0.4) is 0 Å². The Labute approximate surface area is 153 Å². The topological polar surface area (TPSA) is 52.6 Å². The number of anilines is 1. The maximum Gasteiger partial charge on any atom is 0.191 e. The van der Waals surface area contributed by atoms with Crippen LogP contribution < -0.4 is 15.5 Å². The van der Waals surface area contributed by atoms with E-state index in [2.05, 4.69) is 49.8 Å². The summed E-state index contributed by atoms with van der Waals surface area (Å²) in [5.74, 6) is 3.23. The highest BCUT2D eigenvalue weighted by Gasteiger charge is 2.10. The van der Waals surface area contributed by atoms with Crippen LogP contribution in [0.25, 0.3) is 0 Å². The van der Waals surface area contributed by atoms with Crippen LogP contribution in [0.1, 0.15) is 11.3 Å². The zero-order chi connectivity index (χ0) is 17.3. The van der Waals surface area contributed by atoms with Crippen molar-refractivity contribution in [3.63, 3.8) is 0 Å². The molecule has 1 aliphatic heterocycles. The van der Waals surface area contributed by atoms with Gasteiger partial charge >= 0.3 is 0 Å². The number of nitrogens with zero attached hydrogens (tertiary/aromatic N) is 3. The van der Waals surface area contributed by atoms with E-state index in [1.807, 2.05) is 30.0 Å². The van der Waals surface area contributed by atoms with Gasteiger partial charge in [-0.2, -0.15) is 11.8 Å². The second kappa shape index (κ2) is 9.32. The van der Waals surface area contributed by atoms with E-state index < -0.39 is 0 Å². The second-order valence-corrected chi connectivity index (χ2v) is 7.09. The zero-order valence-electron chi connectivity index (χ0n) is 14.6. The van der Waals surface area contributed by atoms with Gasteiger partial charge in [-0.25, -0.2) is 0 Å². The Morgan fingerprint density at radius 3 is 2.52 bits per heavy atom. The van der Waals surface area contributed by atoms with Gasteiger partial charge < -0.3 is 15.5 Å². The van der Waals surface area contributed by atoms with Gasteiger partial charge in [-0.15, -0.1) is 0 Å². The lowest BCUT2D eigenvalue weighted by Crippen LogP contribution is -2.36. The van der Waals surface area contributed by atoms with Crippen molar-refractivity contribution in [2.24, 2.45) is 4.99 Å². The number of pyridine rings is 1. The standard InChI is InChI=1S/C19H25N5S/c1-20-19(23-15-17-4-2-3-9-21-17)22-14-16-5-7-18(8-6-16)24-10-12-25-13-11-24/h2-9H,10-15H2,1H3,(H2,20,22,23). The number of rotatable bonds is 5. The molecular formula is C19H25N5S. The second-order valence-electron chi connectivity index (χ2n) is 5.87. The van der Waals surface area contributed by atoms with Gasteiger partial charge in [-0.3, -0.25) is 9.98 Å². The van der Waals surface area contributed by atoms with E-state index in [4.69, 9.17) is 0 Å². The smallest absolute Gasteiger partial charge is 0.191 e. The fraction of sp³-hybridized carbons (Fsp3) is 0.368. The Hall–Kier alpha value is -2.21. The van der Waals surface area contributed by atoms with Gasteiger partial charge in [0, 0.05) is 50.1 Å². The van der Waals surface area contributed by atoms with E-state index in [1.165, 1.54) is 22.8 Å². The minimum absolute atomic E-state index is 0.659. The monoisotopic (exact) mass is 355 g/mol. The number of aromatic nitrogens is 1. The molecule has 0 amide bonds. The number of hydrogen-bond donors (Lipinski definition) is 2. The van der Waals surface area contributed by atoms with Gasteiger partial charge in [0.25, 0.3) is 0 Å². The summed E-state index contributed by atoms with van der Waals surface area (Å²) in [5.41, 5.74) is 3.56. The molecule has 0 saturated carbocycles. The molecule has 2 N–H and O–H groups in total. The van der Waals surface area contributed by atoms with Gasteiger partial charge in [0.05, 0.1) is 12.2 Å². The molecule has 132 valence electrons. The Morgan fingerprint density at radius 1 is 1.08 bits per heavy atom. The molecule has 1 aliphatic rings. The third-order valence-corrected chi connectivity index (χ3v) is 5.10. The highest BCUT2D eigenvalue weighted by molar-refractivity contribution is 7.99. The number of nitrogens with one attached hydrogen (secondary N) is 2. The highest BCUT2D eigenvalue weighted by Crippen LogP contribution is 2.19. The molecule has 1 aromatic heterocycles. The van der Waals surface area contributed by atoms with Crippen LogP contribution in [0.5, 0.6) is 0 Å². The maximum atomic E-state index is 4.31. The first-order valence-corrected chi connectivity index (χ1v) is 9.76. The molecule has 5 nitrogen and oxygen atoms in total. The molecule has 3 rings (SSSR count). The predicted octanol–water partition coefficient (Wildman–Crippen LogP) is 2.50. The van der Waals surface area contributed by atoms with Crippen LogP contribution in [0.2, 0.25) is 0 Å². The summed E-state index contributed by atoms with van der Waals surface area (Å²) >= 11 is 2.04. The lowest BCUT2D eigenvalue weighted by Gasteiger charge is -2.28. The zero-order valence-corrected chi connectivity index (χ0v) is 15.4. The minimum Gasteiger partial charge on any atom is -0.370 e. The summed E-state index contributed by atoms with van der Waals surface area (Å²) in [6, 6.07) is 14.7. The summed E-state index contributed by atoms with van der Waals surface area (Å²) in [7, 11) is 1.78. The van der Waals surface area contributed by atoms with Crippen LogP contribution >= 0.6 is 11.8 Å². The van der Waals surface area contributed by atoms with Crippen molar-refractivity contribution in [3.8, 4) is 0 Å². The van der Waals surface area contributed by atoms with Crippen LogP contribution in [-0.4, -0.2) is 42.6 Å². The predicted molar refractivity (Wildman–Crippen MR) is 107 cm³/mol. The molecule has 2 aromatic rings. The third-order valence-electron chi connectivity index (χ3n) is 4.16. The number of thioether (sulfide) groups is 1. The molecule has 6 heteroatoms. The molecule has 0 unspecified atom stereocenters. The molecule has 2 heterocycles. The fourth-order valence-corrected chi connectivity index (χ4v) is 3.63. The van der Waals surface area contributed by atoms with Crippen molar-refractivity contribution in [1.82, 2.24) is 15.6 Å². The average molecular weight is 356 g/mol. The Morgan fingerprint density at radius 2 is 1.84 bits per heavy atom. The van der Waals surface area contributed by atoms with E-state index in [0.29, 0.717) is 6.54 Å². The van der Waals surface area contributed by atoms with Crippen molar-refractivity contribution in [2.75, 3.05) is 36.5 Å². The summed E-state index contributed by atoms with van der Waals surface area (Å²) in [5, 5.41) is 6.63. The van der Waals surface area contributed by atoms with E-state index >= 15 is 0 Å². The molecular weight excluding hydrogens is 330 g/mol. The van der Waals surface area contributed by atoms with Crippen molar-refractivity contribution < 1.29 is 0 Å². The van der Waals surface area contributed by atoms with Gasteiger partial charge in [-0.05, 0) is 29.8 Å². The van der Waals surface area contributed by atoms with Gasteiger partial charge in [-0.1, -0.05) is 18.2 Å². The fourth-order valence-electron chi connectivity index (χ4n) is 2.73. The normalized spacial score (nSPS) is 15.1. The maximum absolute atomic E-state index is 4.31. The largest absolute Gasteiger partial charge is 0.370 e. The molecule has 0 bridgehead atoms. The highest BCUT2D eigenvalue weighted by atomic mass is 32.2. The van der Waals surface area contributed by atoms with Crippen LogP contribution in [0.4, 0.5) is 5.69 Å². The quantitative estimate of drug-likeness (QED) is 0.638. The van der Waals surface area contributed by atoms with E-state index in [9.17, 15) is 0 Å². The molecule has 1 aromatic carbocycles. The first-order valence-electron chi connectivity index (χ1n) is 8.61. The third kappa shape index (κ3) is 5.39. The van der Waals surface area contributed by atoms with E-state index in [1.54, 1.807) is 13.2 Å². The van der Waals surface area contributed by atoms with Gasteiger partial charge in [0.2, 0.25) is 0 Å². The molecule has 0 radical (unpaired) electrons. The average Bonchev–Trinajstić information content (AvgIpc) is 2.70. The van der Waals surface area contributed by atoms with Crippen molar-refractivity contribution >= 4 is 23.4 Å². The molecule has 0 aliphatic carbocycles. The lowest BCUT2D eigenvalue weighted by atomic mass is 10.2. The van der Waals surface area contributed by atoms with Crippen molar-refractivity contribution in [3.05, 3.63) is 59.9 Å². The van der Waals surface area contributed by atoms with Crippen molar-refractivity contribution in [1.29, 1.82) is 0 Å². The molecule has 0 spiro atoms. The molecule has 0 atom stereocenters. The van der Waals surface area contributed by atoms with Crippen LogP contribution in [0.15, 0.2) is 53.7 Å². The molecule has 1 saturated heterocycles.